The van der Waals surface area contributed by atoms with Crippen LogP contribution in [0.1, 0.15) is 68.6 Å². The van der Waals surface area contributed by atoms with Crippen molar-refractivity contribution in [1.82, 2.24) is 15.1 Å². The average Bonchev–Trinajstić information content (AvgIpc) is 2.94. The fourth-order valence-corrected chi connectivity index (χ4v) is 3.60. The van der Waals surface area contributed by atoms with E-state index in [1.165, 1.54) is 42.8 Å². The Bertz CT molecular complexity index is 423. The molecule has 0 amide bonds. The molecule has 3 rings (SSSR count). The normalized spacial score (nSPS) is 28.9. The summed E-state index contributed by atoms with van der Waals surface area (Å²) in [6, 6.07) is 1.26. The fourth-order valence-electron chi connectivity index (χ4n) is 3.60. The number of likely N-dealkylation sites (tertiary alicyclic amines) is 1. The molecule has 1 aliphatic heterocycles. The summed E-state index contributed by atoms with van der Waals surface area (Å²) in [5.74, 6) is 0. The molecule has 4 nitrogen and oxygen atoms in total. The number of nitrogens with one attached hydrogen (secondary N) is 1. The van der Waals surface area contributed by atoms with Crippen LogP contribution in [-0.2, 0) is 6.42 Å². The van der Waals surface area contributed by atoms with Gasteiger partial charge in [-0.25, -0.2) is 0 Å². The van der Waals surface area contributed by atoms with Gasteiger partial charge in [0, 0.05) is 23.3 Å². The highest BCUT2D eigenvalue weighted by Crippen LogP contribution is 2.39. The predicted molar refractivity (Wildman–Crippen MR) is 72.3 cm³/mol. The number of H-pyrrole nitrogens is 1. The SMILES string of the molecule is CC(C)N1CCC[C@@H]1c1n[nH]c2c1[C@H](N)CCC2. The lowest BCUT2D eigenvalue weighted by Gasteiger charge is -2.29. The van der Waals surface area contributed by atoms with Gasteiger partial charge in [0.25, 0.3) is 0 Å². The van der Waals surface area contributed by atoms with Gasteiger partial charge in [-0.3, -0.25) is 10.00 Å². The maximum absolute atomic E-state index is 6.30. The molecule has 2 atom stereocenters. The van der Waals surface area contributed by atoms with Crippen LogP contribution in [0.15, 0.2) is 0 Å². The van der Waals surface area contributed by atoms with E-state index in [1.54, 1.807) is 0 Å². The fraction of sp³-hybridized carbons (Fsp3) is 0.786. The molecule has 2 aliphatic rings. The molecule has 1 fully saturated rings. The van der Waals surface area contributed by atoms with Gasteiger partial charge in [-0.2, -0.15) is 5.10 Å². The monoisotopic (exact) mass is 248 g/mol. The molecule has 0 unspecified atom stereocenters. The lowest BCUT2D eigenvalue weighted by Crippen LogP contribution is -2.31. The van der Waals surface area contributed by atoms with Gasteiger partial charge < -0.3 is 5.73 Å². The summed E-state index contributed by atoms with van der Waals surface area (Å²) in [7, 11) is 0. The van der Waals surface area contributed by atoms with Crippen molar-refractivity contribution in [3.05, 3.63) is 17.0 Å². The highest BCUT2D eigenvalue weighted by molar-refractivity contribution is 5.33. The second-order valence-corrected chi connectivity index (χ2v) is 5.99. The Labute approximate surface area is 109 Å². The van der Waals surface area contributed by atoms with Crippen molar-refractivity contribution in [2.45, 2.75) is 64.1 Å². The molecule has 0 saturated carbocycles. The predicted octanol–water partition coefficient (Wildman–Crippen LogP) is 2.29. The van der Waals surface area contributed by atoms with E-state index < -0.39 is 0 Å². The molecule has 2 heterocycles. The van der Waals surface area contributed by atoms with Gasteiger partial charge in [0.15, 0.2) is 0 Å². The average molecular weight is 248 g/mol. The summed E-state index contributed by atoms with van der Waals surface area (Å²) in [4.78, 5) is 2.57. The highest BCUT2D eigenvalue weighted by atomic mass is 15.2. The van der Waals surface area contributed by atoms with Crippen LogP contribution in [-0.4, -0.2) is 27.7 Å². The van der Waals surface area contributed by atoms with Crippen molar-refractivity contribution < 1.29 is 0 Å². The van der Waals surface area contributed by atoms with E-state index in [2.05, 4.69) is 28.9 Å². The van der Waals surface area contributed by atoms with E-state index in [0.717, 1.165) is 12.8 Å². The second kappa shape index (κ2) is 4.67. The minimum absolute atomic E-state index is 0.192. The number of nitrogens with zero attached hydrogens (tertiary/aromatic N) is 2. The minimum atomic E-state index is 0.192. The van der Waals surface area contributed by atoms with Gasteiger partial charge in [-0.15, -0.1) is 0 Å². The van der Waals surface area contributed by atoms with Crippen LogP contribution in [0, 0.1) is 0 Å². The van der Waals surface area contributed by atoms with Crippen LogP contribution in [0.5, 0.6) is 0 Å². The molecule has 1 saturated heterocycles. The maximum atomic E-state index is 6.30. The zero-order valence-corrected chi connectivity index (χ0v) is 11.4. The topological polar surface area (TPSA) is 57.9 Å². The van der Waals surface area contributed by atoms with Gasteiger partial charge in [0.2, 0.25) is 0 Å². The van der Waals surface area contributed by atoms with E-state index in [4.69, 9.17) is 5.73 Å². The van der Waals surface area contributed by atoms with Crippen LogP contribution in [0.3, 0.4) is 0 Å². The molecule has 0 radical (unpaired) electrons. The standard InChI is InChI=1S/C14H24N4/c1-9(2)18-8-4-7-12(18)14-13-10(15)5-3-6-11(13)16-17-14/h9-10,12H,3-8,15H2,1-2H3,(H,16,17)/t10-,12-/m1/s1. The molecule has 1 aromatic heterocycles. The Morgan fingerprint density at radius 1 is 1.33 bits per heavy atom. The van der Waals surface area contributed by atoms with Crippen LogP contribution in [0.4, 0.5) is 0 Å². The Hall–Kier alpha value is -0.870. The first-order valence-corrected chi connectivity index (χ1v) is 7.27. The molecule has 18 heavy (non-hydrogen) atoms. The summed E-state index contributed by atoms with van der Waals surface area (Å²) in [5.41, 5.74) is 10.2. The first-order valence-electron chi connectivity index (χ1n) is 7.27. The number of hydrogen-bond acceptors (Lipinski definition) is 3. The molecular formula is C14H24N4. The molecule has 0 aromatic carbocycles. The number of nitrogens with two attached hydrogens (primary N) is 1. The third-order valence-corrected chi connectivity index (χ3v) is 4.50. The first kappa shape index (κ1) is 12.2. The molecule has 3 N–H and O–H groups in total. The maximum Gasteiger partial charge on any atom is 0.0844 e. The van der Waals surface area contributed by atoms with Crippen molar-refractivity contribution in [2.24, 2.45) is 5.73 Å². The lowest BCUT2D eigenvalue weighted by molar-refractivity contribution is 0.201. The lowest BCUT2D eigenvalue weighted by atomic mass is 9.89. The van der Waals surface area contributed by atoms with Gasteiger partial charge >= 0.3 is 0 Å². The van der Waals surface area contributed by atoms with E-state index in [-0.39, 0.29) is 6.04 Å². The summed E-state index contributed by atoms with van der Waals surface area (Å²) < 4.78 is 0. The van der Waals surface area contributed by atoms with Gasteiger partial charge in [0.1, 0.15) is 0 Å². The number of aromatic nitrogens is 2. The first-order chi connectivity index (χ1) is 8.68. The Morgan fingerprint density at radius 2 is 2.17 bits per heavy atom. The number of aromatic amines is 1. The number of fused-ring (bicyclic) bond motifs is 1. The van der Waals surface area contributed by atoms with Crippen LogP contribution < -0.4 is 5.73 Å². The highest BCUT2D eigenvalue weighted by Gasteiger charge is 2.34. The van der Waals surface area contributed by atoms with Gasteiger partial charge in [-0.05, 0) is 52.5 Å². The summed E-state index contributed by atoms with van der Waals surface area (Å²) in [6.45, 7) is 5.74. The van der Waals surface area contributed by atoms with Crippen molar-refractivity contribution in [1.29, 1.82) is 0 Å². The zero-order chi connectivity index (χ0) is 12.7. The van der Waals surface area contributed by atoms with Crippen molar-refractivity contribution >= 4 is 0 Å². The van der Waals surface area contributed by atoms with Crippen LogP contribution in [0.2, 0.25) is 0 Å². The molecule has 1 aromatic rings. The molecule has 4 heteroatoms. The smallest absolute Gasteiger partial charge is 0.0844 e. The summed E-state index contributed by atoms with van der Waals surface area (Å²) >= 11 is 0. The summed E-state index contributed by atoms with van der Waals surface area (Å²) in [6.07, 6.45) is 5.91. The van der Waals surface area contributed by atoms with E-state index in [9.17, 15) is 0 Å². The van der Waals surface area contributed by atoms with Crippen molar-refractivity contribution in [3.63, 3.8) is 0 Å². The third-order valence-electron chi connectivity index (χ3n) is 4.50. The molecular weight excluding hydrogens is 224 g/mol. The third kappa shape index (κ3) is 1.88. The Balaban J connectivity index is 1.95. The quantitative estimate of drug-likeness (QED) is 0.844. The van der Waals surface area contributed by atoms with Crippen LogP contribution in [0.25, 0.3) is 0 Å². The molecule has 1 aliphatic carbocycles. The van der Waals surface area contributed by atoms with Crippen molar-refractivity contribution in [2.75, 3.05) is 6.54 Å². The van der Waals surface area contributed by atoms with Gasteiger partial charge in [0.05, 0.1) is 11.7 Å². The van der Waals surface area contributed by atoms with E-state index in [0.29, 0.717) is 12.1 Å². The number of aryl methyl sites for hydroxylation is 1. The molecule has 0 bridgehead atoms. The minimum Gasteiger partial charge on any atom is -0.324 e. The Kier molecular flexibility index (Phi) is 3.16. The zero-order valence-electron chi connectivity index (χ0n) is 11.4. The number of hydrogen-bond donors (Lipinski definition) is 2. The van der Waals surface area contributed by atoms with Crippen LogP contribution >= 0.6 is 0 Å². The summed E-state index contributed by atoms with van der Waals surface area (Å²) in [5, 5.41) is 7.85. The van der Waals surface area contributed by atoms with E-state index >= 15 is 0 Å². The van der Waals surface area contributed by atoms with Gasteiger partial charge in [-0.1, -0.05) is 0 Å². The largest absolute Gasteiger partial charge is 0.324 e. The molecule has 0 spiro atoms. The van der Waals surface area contributed by atoms with E-state index in [1.807, 2.05) is 0 Å². The Morgan fingerprint density at radius 3 is 2.94 bits per heavy atom. The number of rotatable bonds is 2. The van der Waals surface area contributed by atoms with Crippen molar-refractivity contribution in [3.8, 4) is 0 Å². The second-order valence-electron chi connectivity index (χ2n) is 5.99. The molecule has 100 valence electrons.